The van der Waals surface area contributed by atoms with E-state index in [1.165, 1.54) is 14.2 Å². The number of methoxy groups -OCH3 is 2. The summed E-state index contributed by atoms with van der Waals surface area (Å²) in [5, 5.41) is 0.369. The topological polar surface area (TPSA) is 61.8 Å². The third-order valence-electron chi connectivity index (χ3n) is 3.49. The number of hydrogen-bond acceptors (Lipinski definition) is 5. The first-order valence-corrected chi connectivity index (χ1v) is 7.97. The maximum absolute atomic E-state index is 12.0. The van der Waals surface area contributed by atoms with E-state index in [4.69, 9.17) is 25.8 Å². The van der Waals surface area contributed by atoms with E-state index in [-0.39, 0.29) is 12.4 Å². The predicted octanol–water partition coefficient (Wildman–Crippen LogP) is 3.68. The second-order valence-electron chi connectivity index (χ2n) is 7.02. The average Bonchev–Trinajstić information content (AvgIpc) is 2.45. The summed E-state index contributed by atoms with van der Waals surface area (Å²) < 4.78 is 15.5. The number of hydrogen-bond donors (Lipinski definition) is 0. The molecule has 24 heavy (non-hydrogen) atoms. The highest BCUT2D eigenvalue weighted by atomic mass is 35.5. The lowest BCUT2D eigenvalue weighted by Gasteiger charge is -2.25. The summed E-state index contributed by atoms with van der Waals surface area (Å²) in [7, 11) is 2.83. The van der Waals surface area contributed by atoms with Crippen molar-refractivity contribution in [1.29, 1.82) is 0 Å². The van der Waals surface area contributed by atoms with Crippen LogP contribution in [0.3, 0.4) is 0 Å². The molecule has 0 spiro atoms. The lowest BCUT2D eigenvalue weighted by molar-refractivity contribution is -0.154. The van der Waals surface area contributed by atoms with Crippen molar-refractivity contribution in [1.82, 2.24) is 0 Å². The third-order valence-corrected chi connectivity index (χ3v) is 3.84. The van der Waals surface area contributed by atoms with Crippen LogP contribution >= 0.6 is 11.6 Å². The minimum absolute atomic E-state index is 0.0192. The van der Waals surface area contributed by atoms with Crippen molar-refractivity contribution in [3.8, 4) is 5.75 Å². The summed E-state index contributed by atoms with van der Waals surface area (Å²) in [5.41, 5.74) is -0.337. The minimum atomic E-state index is -0.936. The molecule has 0 heterocycles. The first-order chi connectivity index (χ1) is 10.9. The van der Waals surface area contributed by atoms with E-state index in [1.54, 1.807) is 46.8 Å². The molecule has 6 heteroatoms. The maximum Gasteiger partial charge on any atom is 0.315 e. The number of esters is 2. The highest BCUT2D eigenvalue weighted by molar-refractivity contribution is 6.31. The fourth-order valence-electron chi connectivity index (χ4n) is 2.29. The average molecular weight is 357 g/mol. The summed E-state index contributed by atoms with van der Waals surface area (Å²) in [5.74, 6) is -0.323. The largest absolute Gasteiger partial charge is 0.496 e. The van der Waals surface area contributed by atoms with Crippen LogP contribution < -0.4 is 4.74 Å². The van der Waals surface area contributed by atoms with Gasteiger partial charge in [0.25, 0.3) is 0 Å². The van der Waals surface area contributed by atoms with Crippen LogP contribution in [-0.4, -0.2) is 31.8 Å². The van der Waals surface area contributed by atoms with Crippen LogP contribution in [0.25, 0.3) is 0 Å². The molecule has 1 rings (SSSR count). The monoisotopic (exact) mass is 356 g/mol. The molecule has 1 aromatic rings. The normalized spacial score (nSPS) is 11.8. The molecule has 0 atom stereocenters. The first kappa shape index (κ1) is 20.3. The van der Waals surface area contributed by atoms with Gasteiger partial charge in [-0.05, 0) is 52.3 Å². The van der Waals surface area contributed by atoms with Crippen LogP contribution in [0.4, 0.5) is 0 Å². The van der Waals surface area contributed by atoms with Crippen molar-refractivity contribution in [2.24, 2.45) is 0 Å². The van der Waals surface area contributed by atoms with Gasteiger partial charge in [-0.1, -0.05) is 11.6 Å². The molecule has 0 radical (unpaired) electrons. The van der Waals surface area contributed by atoms with E-state index in [9.17, 15) is 9.59 Å². The van der Waals surface area contributed by atoms with Crippen LogP contribution in [0, 0.1) is 0 Å². The lowest BCUT2D eigenvalue weighted by Crippen LogP contribution is -2.31. The molecule has 0 amide bonds. The molecule has 0 fully saturated rings. The van der Waals surface area contributed by atoms with Gasteiger partial charge in [0.1, 0.15) is 11.4 Å². The van der Waals surface area contributed by atoms with Crippen molar-refractivity contribution in [2.75, 3.05) is 14.2 Å². The van der Waals surface area contributed by atoms with Crippen molar-refractivity contribution in [3.05, 3.63) is 28.3 Å². The van der Waals surface area contributed by atoms with Gasteiger partial charge >= 0.3 is 11.9 Å². The van der Waals surface area contributed by atoms with Gasteiger partial charge in [-0.15, -0.1) is 0 Å². The molecule has 134 valence electrons. The molecule has 0 saturated carbocycles. The standard InChI is InChI=1S/C18H25ClO5/c1-17(2,3)24-15(20)9-11-8-14(22-6)12(10-13(11)19)18(4,5)16(21)23-7/h8,10H,9H2,1-7H3. The minimum Gasteiger partial charge on any atom is -0.496 e. The molecular formula is C18H25ClO5. The van der Waals surface area contributed by atoms with Gasteiger partial charge in [-0.25, -0.2) is 0 Å². The smallest absolute Gasteiger partial charge is 0.315 e. The Balaban J connectivity index is 3.22. The summed E-state index contributed by atoms with van der Waals surface area (Å²) in [4.78, 5) is 24.1. The van der Waals surface area contributed by atoms with Gasteiger partial charge in [0.05, 0.1) is 26.1 Å². The SMILES string of the molecule is COC(=O)C(C)(C)c1cc(Cl)c(CC(=O)OC(C)(C)C)cc1OC. The second kappa shape index (κ2) is 7.43. The van der Waals surface area contributed by atoms with Crippen LogP contribution in [0.15, 0.2) is 12.1 Å². The zero-order valence-corrected chi connectivity index (χ0v) is 16.0. The molecule has 0 aliphatic carbocycles. The number of ether oxygens (including phenoxy) is 3. The van der Waals surface area contributed by atoms with E-state index < -0.39 is 17.0 Å². The summed E-state index contributed by atoms with van der Waals surface area (Å²) in [6.45, 7) is 8.85. The number of carbonyl (C=O) groups excluding carboxylic acids is 2. The highest BCUT2D eigenvalue weighted by Gasteiger charge is 2.34. The number of halogens is 1. The molecular weight excluding hydrogens is 332 g/mol. The van der Waals surface area contributed by atoms with Crippen molar-refractivity contribution in [2.45, 2.75) is 52.1 Å². The molecule has 0 saturated heterocycles. The predicted molar refractivity (Wildman–Crippen MR) is 92.6 cm³/mol. The Labute approximate surface area is 148 Å². The van der Waals surface area contributed by atoms with Gasteiger partial charge in [-0.3, -0.25) is 9.59 Å². The van der Waals surface area contributed by atoms with Gasteiger partial charge in [-0.2, -0.15) is 0 Å². The summed E-state index contributed by atoms with van der Waals surface area (Å²) in [6, 6.07) is 3.29. The Bertz CT molecular complexity index is 629. The summed E-state index contributed by atoms with van der Waals surface area (Å²) in [6.07, 6.45) is 0.0192. The lowest BCUT2D eigenvalue weighted by atomic mass is 9.83. The molecule has 0 N–H and O–H groups in total. The van der Waals surface area contributed by atoms with Crippen LogP contribution in [-0.2, 0) is 30.9 Å². The zero-order valence-electron chi connectivity index (χ0n) is 15.3. The molecule has 0 bridgehead atoms. The van der Waals surface area contributed by atoms with E-state index in [0.717, 1.165) is 0 Å². The summed E-state index contributed by atoms with van der Waals surface area (Å²) >= 11 is 6.31. The van der Waals surface area contributed by atoms with Gasteiger partial charge in [0.2, 0.25) is 0 Å². The quantitative estimate of drug-likeness (QED) is 0.753. The number of benzene rings is 1. The Kier molecular flexibility index (Phi) is 6.28. The van der Waals surface area contributed by atoms with Crippen LogP contribution in [0.2, 0.25) is 5.02 Å². The zero-order chi connectivity index (χ0) is 18.7. The highest BCUT2D eigenvalue weighted by Crippen LogP contribution is 2.37. The molecule has 5 nitrogen and oxygen atoms in total. The van der Waals surface area contributed by atoms with Crippen LogP contribution in [0.1, 0.15) is 45.7 Å². The van der Waals surface area contributed by atoms with Crippen molar-refractivity contribution < 1.29 is 23.8 Å². The van der Waals surface area contributed by atoms with Crippen molar-refractivity contribution in [3.63, 3.8) is 0 Å². The second-order valence-corrected chi connectivity index (χ2v) is 7.43. The van der Waals surface area contributed by atoms with Crippen LogP contribution in [0.5, 0.6) is 5.75 Å². The Hall–Kier alpha value is -1.75. The van der Waals surface area contributed by atoms with E-state index in [0.29, 0.717) is 21.9 Å². The third kappa shape index (κ3) is 4.87. The molecule has 0 unspecified atom stereocenters. The Morgan fingerprint density at radius 2 is 1.67 bits per heavy atom. The Morgan fingerprint density at radius 1 is 1.08 bits per heavy atom. The Morgan fingerprint density at radius 3 is 2.12 bits per heavy atom. The first-order valence-electron chi connectivity index (χ1n) is 7.59. The van der Waals surface area contributed by atoms with Crippen molar-refractivity contribution >= 4 is 23.5 Å². The van der Waals surface area contributed by atoms with Gasteiger partial charge in [0.15, 0.2) is 0 Å². The van der Waals surface area contributed by atoms with Gasteiger partial charge < -0.3 is 14.2 Å². The molecule has 0 aromatic heterocycles. The maximum atomic E-state index is 12.0. The number of carbonyl (C=O) groups is 2. The number of rotatable bonds is 5. The fourth-order valence-corrected chi connectivity index (χ4v) is 2.52. The molecule has 1 aromatic carbocycles. The fraction of sp³-hybridized carbons (Fsp3) is 0.556. The van der Waals surface area contributed by atoms with E-state index in [2.05, 4.69) is 0 Å². The van der Waals surface area contributed by atoms with Gasteiger partial charge in [0, 0.05) is 10.6 Å². The van der Waals surface area contributed by atoms with E-state index >= 15 is 0 Å². The molecule has 0 aliphatic heterocycles. The van der Waals surface area contributed by atoms with E-state index in [1.807, 2.05) is 0 Å². The molecule has 0 aliphatic rings.